The van der Waals surface area contributed by atoms with E-state index in [9.17, 15) is 0 Å². The Morgan fingerprint density at radius 3 is 2.32 bits per heavy atom. The number of hydrogen-bond donors (Lipinski definition) is 1. The van der Waals surface area contributed by atoms with Crippen LogP contribution in [0.2, 0.25) is 0 Å². The number of aromatic nitrogens is 2. The molecule has 19 heavy (non-hydrogen) atoms. The van der Waals surface area contributed by atoms with Crippen molar-refractivity contribution >= 4 is 17.6 Å². The second kappa shape index (κ2) is 9.18. The zero-order valence-corrected chi connectivity index (χ0v) is 13.4. The van der Waals surface area contributed by atoms with Crippen LogP contribution in [0.25, 0.3) is 0 Å². The summed E-state index contributed by atoms with van der Waals surface area (Å²) in [5.74, 6) is 0.685. The molecule has 4 heteroatoms. The molecule has 0 atom stereocenters. The van der Waals surface area contributed by atoms with E-state index in [1.54, 1.807) is 11.8 Å². The van der Waals surface area contributed by atoms with Gasteiger partial charge in [0.15, 0.2) is 5.16 Å². The van der Waals surface area contributed by atoms with Crippen molar-refractivity contribution in [2.24, 2.45) is 0 Å². The molecule has 108 valence electrons. The highest BCUT2D eigenvalue weighted by atomic mass is 32.2. The van der Waals surface area contributed by atoms with Gasteiger partial charge >= 0.3 is 0 Å². The number of aryl methyl sites for hydroxylation is 1. The number of anilines is 1. The molecule has 0 spiro atoms. The van der Waals surface area contributed by atoms with Crippen LogP contribution >= 0.6 is 11.8 Å². The first-order valence-corrected chi connectivity index (χ1v) is 8.64. The molecular formula is C15H27N3S. The minimum Gasteiger partial charge on any atom is -0.383 e. The van der Waals surface area contributed by atoms with E-state index in [1.807, 2.05) is 6.26 Å². The lowest BCUT2D eigenvalue weighted by Crippen LogP contribution is -2.07. The molecule has 0 bridgehead atoms. The Morgan fingerprint density at radius 1 is 1.00 bits per heavy atom. The van der Waals surface area contributed by atoms with Crippen molar-refractivity contribution in [3.05, 3.63) is 11.3 Å². The summed E-state index contributed by atoms with van der Waals surface area (Å²) in [7, 11) is 0. The third-order valence-electron chi connectivity index (χ3n) is 3.40. The number of rotatable bonds is 9. The van der Waals surface area contributed by atoms with Gasteiger partial charge in [0.2, 0.25) is 0 Å². The highest BCUT2D eigenvalue weighted by molar-refractivity contribution is 7.98. The molecule has 3 nitrogen and oxygen atoms in total. The topological polar surface area (TPSA) is 51.8 Å². The molecule has 0 aliphatic heterocycles. The Kier molecular flexibility index (Phi) is 7.87. The third kappa shape index (κ3) is 5.39. The van der Waals surface area contributed by atoms with Crippen LogP contribution in [0, 0.1) is 0 Å². The van der Waals surface area contributed by atoms with Crippen LogP contribution in [0.4, 0.5) is 5.82 Å². The number of nitrogen functional groups attached to an aromatic ring is 1. The van der Waals surface area contributed by atoms with Gasteiger partial charge in [-0.1, -0.05) is 57.7 Å². The van der Waals surface area contributed by atoms with E-state index in [1.165, 1.54) is 44.1 Å². The fourth-order valence-corrected chi connectivity index (χ4v) is 2.66. The van der Waals surface area contributed by atoms with Crippen molar-refractivity contribution in [2.45, 2.75) is 70.4 Å². The predicted octanol–water partition coefficient (Wildman–Crippen LogP) is 4.25. The van der Waals surface area contributed by atoms with E-state index >= 15 is 0 Å². The molecule has 0 fully saturated rings. The molecule has 1 heterocycles. The summed E-state index contributed by atoms with van der Waals surface area (Å²) in [4.78, 5) is 8.93. The lowest BCUT2D eigenvalue weighted by molar-refractivity contribution is 0.605. The maximum atomic E-state index is 6.07. The lowest BCUT2D eigenvalue weighted by Gasteiger charge is -2.11. The third-order valence-corrected chi connectivity index (χ3v) is 3.95. The van der Waals surface area contributed by atoms with Gasteiger partial charge in [0.1, 0.15) is 5.82 Å². The van der Waals surface area contributed by atoms with Crippen LogP contribution in [0.5, 0.6) is 0 Å². The van der Waals surface area contributed by atoms with E-state index in [2.05, 4.69) is 23.8 Å². The average Bonchev–Trinajstić information content (AvgIpc) is 2.43. The number of hydrogen-bond acceptors (Lipinski definition) is 4. The minimum atomic E-state index is 0.685. The van der Waals surface area contributed by atoms with E-state index < -0.39 is 0 Å². The van der Waals surface area contributed by atoms with Crippen LogP contribution < -0.4 is 5.73 Å². The molecule has 0 saturated carbocycles. The molecule has 0 aliphatic rings. The van der Waals surface area contributed by atoms with Gasteiger partial charge in [-0.05, 0) is 25.5 Å². The molecule has 1 aromatic heterocycles. The Morgan fingerprint density at radius 2 is 1.68 bits per heavy atom. The van der Waals surface area contributed by atoms with Crippen molar-refractivity contribution in [3.63, 3.8) is 0 Å². The summed E-state index contributed by atoms with van der Waals surface area (Å²) in [5, 5.41) is 0.793. The van der Waals surface area contributed by atoms with E-state index in [0.717, 1.165) is 23.7 Å². The average molecular weight is 281 g/mol. The Balaban J connectivity index is 2.52. The zero-order chi connectivity index (χ0) is 14.1. The maximum Gasteiger partial charge on any atom is 0.189 e. The van der Waals surface area contributed by atoms with Crippen LogP contribution in [-0.2, 0) is 12.8 Å². The fourth-order valence-electron chi connectivity index (χ4n) is 2.26. The maximum absolute atomic E-state index is 6.07. The van der Waals surface area contributed by atoms with Gasteiger partial charge in [-0.25, -0.2) is 9.97 Å². The minimum absolute atomic E-state index is 0.685. The number of unbranched alkanes of at least 4 members (excludes halogenated alkanes) is 5. The summed E-state index contributed by atoms with van der Waals surface area (Å²) in [6.45, 7) is 4.38. The van der Waals surface area contributed by atoms with Crippen molar-refractivity contribution in [1.29, 1.82) is 0 Å². The largest absolute Gasteiger partial charge is 0.383 e. The highest BCUT2D eigenvalue weighted by Crippen LogP contribution is 2.21. The summed E-state index contributed by atoms with van der Waals surface area (Å²) < 4.78 is 0. The van der Waals surface area contributed by atoms with E-state index in [0.29, 0.717) is 5.82 Å². The fraction of sp³-hybridized carbons (Fsp3) is 0.733. The van der Waals surface area contributed by atoms with Crippen LogP contribution in [0.15, 0.2) is 5.16 Å². The summed E-state index contributed by atoms with van der Waals surface area (Å²) in [6, 6.07) is 0. The standard InChI is InChI=1S/C15H27N3S/c1-4-6-7-8-9-10-11-12-13(5-2)17-15(19-3)18-14(12)16/h4-11H2,1-3H3,(H2,16,17,18). The number of nitrogens with zero attached hydrogens (tertiary/aromatic N) is 2. The van der Waals surface area contributed by atoms with Gasteiger partial charge in [0, 0.05) is 5.56 Å². The number of nitrogens with two attached hydrogens (primary N) is 1. The van der Waals surface area contributed by atoms with Gasteiger partial charge < -0.3 is 5.73 Å². The van der Waals surface area contributed by atoms with Crippen LogP contribution in [-0.4, -0.2) is 16.2 Å². The molecule has 0 amide bonds. The van der Waals surface area contributed by atoms with Crippen molar-refractivity contribution in [2.75, 3.05) is 12.0 Å². The zero-order valence-electron chi connectivity index (χ0n) is 12.5. The second-order valence-electron chi connectivity index (χ2n) is 4.89. The lowest BCUT2D eigenvalue weighted by atomic mass is 10.0. The summed E-state index contributed by atoms with van der Waals surface area (Å²) in [6.07, 6.45) is 11.8. The second-order valence-corrected chi connectivity index (χ2v) is 5.67. The molecule has 0 unspecified atom stereocenters. The Bertz CT molecular complexity index is 380. The Hall–Kier alpha value is -0.770. The molecule has 0 saturated heterocycles. The first-order valence-electron chi connectivity index (χ1n) is 7.42. The van der Waals surface area contributed by atoms with Crippen molar-refractivity contribution in [3.8, 4) is 0 Å². The monoisotopic (exact) mass is 281 g/mol. The van der Waals surface area contributed by atoms with Gasteiger partial charge in [0.05, 0.1) is 5.69 Å². The van der Waals surface area contributed by atoms with E-state index in [4.69, 9.17) is 5.73 Å². The number of thioether (sulfide) groups is 1. The summed E-state index contributed by atoms with van der Waals surface area (Å²) in [5.41, 5.74) is 8.38. The van der Waals surface area contributed by atoms with Crippen molar-refractivity contribution < 1.29 is 0 Å². The van der Waals surface area contributed by atoms with Gasteiger partial charge in [-0.3, -0.25) is 0 Å². The van der Waals surface area contributed by atoms with Crippen LogP contribution in [0.3, 0.4) is 0 Å². The first-order chi connectivity index (χ1) is 9.22. The van der Waals surface area contributed by atoms with Crippen LogP contribution in [0.1, 0.15) is 63.6 Å². The SMILES string of the molecule is CCCCCCCCc1c(N)nc(SC)nc1CC. The van der Waals surface area contributed by atoms with Gasteiger partial charge in [-0.2, -0.15) is 0 Å². The van der Waals surface area contributed by atoms with Gasteiger partial charge in [0.25, 0.3) is 0 Å². The van der Waals surface area contributed by atoms with Gasteiger partial charge in [-0.15, -0.1) is 0 Å². The smallest absolute Gasteiger partial charge is 0.189 e. The highest BCUT2D eigenvalue weighted by Gasteiger charge is 2.10. The molecule has 1 rings (SSSR count). The molecule has 1 aromatic rings. The quantitative estimate of drug-likeness (QED) is 0.418. The molecule has 0 radical (unpaired) electrons. The normalized spacial score (nSPS) is 10.9. The van der Waals surface area contributed by atoms with E-state index in [-0.39, 0.29) is 0 Å². The van der Waals surface area contributed by atoms with Crippen molar-refractivity contribution in [1.82, 2.24) is 9.97 Å². The predicted molar refractivity (Wildman–Crippen MR) is 84.7 cm³/mol. The first kappa shape index (κ1) is 16.3. The summed E-state index contributed by atoms with van der Waals surface area (Å²) >= 11 is 1.56. The molecule has 0 aromatic carbocycles. The molecule has 2 N–H and O–H groups in total. The Labute approximate surface area is 121 Å². The molecular weight excluding hydrogens is 254 g/mol. The molecule has 0 aliphatic carbocycles.